The summed E-state index contributed by atoms with van der Waals surface area (Å²) in [6, 6.07) is -0.00320. The monoisotopic (exact) mass is 367 g/mol. The maximum atomic E-state index is 12.1. The van der Waals surface area contributed by atoms with E-state index in [0.717, 1.165) is 51.6 Å². The summed E-state index contributed by atoms with van der Waals surface area (Å²) in [5, 5.41) is 6.04. The Labute approximate surface area is 146 Å². The lowest BCUT2D eigenvalue weighted by atomic mass is 9.88. The van der Waals surface area contributed by atoms with Crippen molar-refractivity contribution in [1.29, 1.82) is 0 Å². The smallest absolute Gasteiger partial charge is 0.236 e. The average Bonchev–Trinajstić information content (AvgIpc) is 2.48. The van der Waals surface area contributed by atoms with E-state index in [1.54, 1.807) is 0 Å². The van der Waals surface area contributed by atoms with E-state index < -0.39 is 21.7 Å². The van der Waals surface area contributed by atoms with Crippen LogP contribution in [0.1, 0.15) is 45.4 Å². The molecule has 2 fully saturated rings. The molecule has 1 aliphatic heterocycles. The fourth-order valence-electron chi connectivity index (χ4n) is 3.25. The molecule has 2 rings (SSSR count). The van der Waals surface area contributed by atoms with Crippen molar-refractivity contribution in [3.8, 4) is 0 Å². The Bertz CT molecular complexity index is 459. The molecular weight excluding hydrogens is 338 g/mol. The van der Waals surface area contributed by atoms with E-state index in [4.69, 9.17) is 0 Å². The number of halogens is 1. The van der Waals surface area contributed by atoms with Crippen LogP contribution in [0.3, 0.4) is 0 Å². The van der Waals surface area contributed by atoms with Gasteiger partial charge < -0.3 is 10.6 Å². The van der Waals surface area contributed by atoms with Crippen LogP contribution >= 0.6 is 12.4 Å². The SMILES string of the molecule is CC1CCC(NS(=O)(=O)CC(=O)NCC2CCCNC2)CC1.Cl. The van der Waals surface area contributed by atoms with Crippen LogP contribution in [0.2, 0.25) is 0 Å². The van der Waals surface area contributed by atoms with Crippen LogP contribution in [-0.4, -0.2) is 45.8 Å². The third kappa shape index (κ3) is 7.83. The third-order valence-electron chi connectivity index (χ3n) is 4.67. The zero-order valence-corrected chi connectivity index (χ0v) is 15.5. The summed E-state index contributed by atoms with van der Waals surface area (Å²) < 4.78 is 26.8. The standard InChI is InChI=1S/C15H29N3O3S.ClH/c1-12-4-6-14(7-5-12)18-22(20,21)11-15(19)17-10-13-3-2-8-16-9-13;/h12-14,16,18H,2-11H2,1H3,(H,17,19);1H. The van der Waals surface area contributed by atoms with E-state index in [2.05, 4.69) is 22.3 Å². The number of rotatable bonds is 6. The maximum absolute atomic E-state index is 12.1. The molecule has 0 spiro atoms. The van der Waals surface area contributed by atoms with Gasteiger partial charge in [-0.2, -0.15) is 0 Å². The first kappa shape index (κ1) is 20.7. The third-order valence-corrected chi connectivity index (χ3v) is 6.00. The van der Waals surface area contributed by atoms with Crippen molar-refractivity contribution in [3.05, 3.63) is 0 Å². The van der Waals surface area contributed by atoms with Crippen LogP contribution in [0.25, 0.3) is 0 Å². The highest BCUT2D eigenvalue weighted by Gasteiger charge is 2.25. The van der Waals surface area contributed by atoms with Crippen LogP contribution in [-0.2, 0) is 14.8 Å². The molecule has 3 N–H and O–H groups in total. The second-order valence-corrected chi connectivity index (χ2v) is 8.60. The van der Waals surface area contributed by atoms with Crippen LogP contribution < -0.4 is 15.4 Å². The molecule has 136 valence electrons. The van der Waals surface area contributed by atoms with Crippen LogP contribution in [0.4, 0.5) is 0 Å². The largest absolute Gasteiger partial charge is 0.355 e. The van der Waals surface area contributed by atoms with E-state index in [-0.39, 0.29) is 18.4 Å². The Morgan fingerprint density at radius 3 is 2.48 bits per heavy atom. The minimum absolute atomic E-state index is 0. The summed E-state index contributed by atoms with van der Waals surface area (Å²) in [7, 11) is -3.53. The molecule has 2 aliphatic rings. The topological polar surface area (TPSA) is 87.3 Å². The van der Waals surface area contributed by atoms with E-state index in [1.165, 1.54) is 0 Å². The highest BCUT2D eigenvalue weighted by Crippen LogP contribution is 2.23. The molecule has 0 aromatic heterocycles. The highest BCUT2D eigenvalue weighted by molar-refractivity contribution is 7.90. The zero-order chi connectivity index (χ0) is 16.0. The summed E-state index contributed by atoms with van der Waals surface area (Å²) in [6.45, 7) is 4.68. The number of amides is 1. The molecule has 0 bridgehead atoms. The Balaban J connectivity index is 0.00000264. The van der Waals surface area contributed by atoms with Crippen molar-refractivity contribution in [2.45, 2.75) is 51.5 Å². The van der Waals surface area contributed by atoms with Gasteiger partial charge in [-0.05, 0) is 63.5 Å². The Morgan fingerprint density at radius 2 is 1.87 bits per heavy atom. The zero-order valence-electron chi connectivity index (χ0n) is 13.8. The van der Waals surface area contributed by atoms with Gasteiger partial charge in [0.2, 0.25) is 15.9 Å². The normalized spacial score (nSPS) is 28.7. The van der Waals surface area contributed by atoms with Gasteiger partial charge >= 0.3 is 0 Å². The van der Waals surface area contributed by atoms with Crippen molar-refractivity contribution >= 4 is 28.3 Å². The molecule has 1 amide bonds. The quantitative estimate of drug-likeness (QED) is 0.654. The van der Waals surface area contributed by atoms with Crippen LogP contribution in [0.15, 0.2) is 0 Å². The second-order valence-electron chi connectivity index (χ2n) is 6.85. The fraction of sp³-hybridized carbons (Fsp3) is 0.933. The minimum atomic E-state index is -3.53. The van der Waals surface area contributed by atoms with Crippen molar-refractivity contribution in [2.24, 2.45) is 11.8 Å². The summed E-state index contributed by atoms with van der Waals surface area (Å²) in [6.07, 6.45) is 6.03. The van der Waals surface area contributed by atoms with Crippen LogP contribution in [0.5, 0.6) is 0 Å². The molecule has 1 unspecified atom stereocenters. The average molecular weight is 368 g/mol. The van der Waals surface area contributed by atoms with Gasteiger partial charge in [-0.25, -0.2) is 13.1 Å². The van der Waals surface area contributed by atoms with Gasteiger partial charge in [0.15, 0.2) is 0 Å². The molecule has 0 aromatic rings. The van der Waals surface area contributed by atoms with Gasteiger partial charge in [0.25, 0.3) is 0 Å². The Hall–Kier alpha value is -0.370. The molecular formula is C15H30ClN3O3S. The maximum Gasteiger partial charge on any atom is 0.236 e. The van der Waals surface area contributed by atoms with Crippen molar-refractivity contribution < 1.29 is 13.2 Å². The van der Waals surface area contributed by atoms with Crippen molar-refractivity contribution in [2.75, 3.05) is 25.4 Å². The molecule has 1 atom stereocenters. The number of piperidine rings is 1. The first-order valence-electron chi connectivity index (χ1n) is 8.42. The summed E-state index contributed by atoms with van der Waals surface area (Å²) in [4.78, 5) is 11.8. The van der Waals surface area contributed by atoms with Gasteiger partial charge in [0.05, 0.1) is 0 Å². The summed E-state index contributed by atoms with van der Waals surface area (Å²) >= 11 is 0. The van der Waals surface area contributed by atoms with Gasteiger partial charge in [0, 0.05) is 12.6 Å². The van der Waals surface area contributed by atoms with E-state index in [9.17, 15) is 13.2 Å². The van der Waals surface area contributed by atoms with Crippen molar-refractivity contribution in [1.82, 2.24) is 15.4 Å². The number of hydrogen-bond acceptors (Lipinski definition) is 4. The molecule has 1 saturated carbocycles. The number of sulfonamides is 1. The number of hydrogen-bond donors (Lipinski definition) is 3. The van der Waals surface area contributed by atoms with E-state index >= 15 is 0 Å². The molecule has 6 nitrogen and oxygen atoms in total. The van der Waals surface area contributed by atoms with E-state index in [0.29, 0.717) is 18.4 Å². The van der Waals surface area contributed by atoms with Crippen molar-refractivity contribution in [3.63, 3.8) is 0 Å². The Kier molecular flexibility index (Phi) is 8.82. The highest BCUT2D eigenvalue weighted by atomic mass is 35.5. The molecule has 0 aromatic carbocycles. The molecule has 1 heterocycles. The Morgan fingerprint density at radius 1 is 1.17 bits per heavy atom. The summed E-state index contributed by atoms with van der Waals surface area (Å²) in [5.41, 5.74) is 0. The molecule has 0 radical (unpaired) electrons. The second kappa shape index (κ2) is 9.81. The predicted molar refractivity (Wildman–Crippen MR) is 94.2 cm³/mol. The first-order chi connectivity index (χ1) is 10.4. The van der Waals surface area contributed by atoms with Gasteiger partial charge in [-0.1, -0.05) is 6.92 Å². The lowest BCUT2D eigenvalue weighted by Gasteiger charge is -2.26. The summed E-state index contributed by atoms with van der Waals surface area (Å²) in [5.74, 6) is 0.225. The predicted octanol–water partition coefficient (Wildman–Crippen LogP) is 1.02. The molecule has 1 aliphatic carbocycles. The lowest BCUT2D eigenvalue weighted by Crippen LogP contribution is -2.44. The van der Waals surface area contributed by atoms with Crippen LogP contribution in [0, 0.1) is 11.8 Å². The lowest BCUT2D eigenvalue weighted by molar-refractivity contribution is -0.118. The minimum Gasteiger partial charge on any atom is -0.355 e. The first-order valence-corrected chi connectivity index (χ1v) is 10.1. The number of carbonyl (C=O) groups excluding carboxylic acids is 1. The fourth-order valence-corrected chi connectivity index (χ4v) is 4.53. The molecule has 8 heteroatoms. The molecule has 1 saturated heterocycles. The number of nitrogens with one attached hydrogen (secondary N) is 3. The van der Waals surface area contributed by atoms with Gasteiger partial charge in [0.1, 0.15) is 5.75 Å². The molecule has 23 heavy (non-hydrogen) atoms. The van der Waals surface area contributed by atoms with E-state index in [1.807, 2.05) is 0 Å². The van der Waals surface area contributed by atoms with Gasteiger partial charge in [-0.15, -0.1) is 12.4 Å². The number of carbonyl (C=O) groups is 1. The van der Waals surface area contributed by atoms with Gasteiger partial charge in [-0.3, -0.25) is 4.79 Å².